The van der Waals surface area contributed by atoms with Gasteiger partial charge in [-0.2, -0.15) is 0 Å². The van der Waals surface area contributed by atoms with Gasteiger partial charge in [-0.1, -0.05) is 0 Å². The molecular formula is C13H18Hf+2. The molecule has 0 unspecified atom stereocenters. The van der Waals surface area contributed by atoms with E-state index in [1.165, 1.54) is 35.0 Å². The van der Waals surface area contributed by atoms with Gasteiger partial charge in [0, 0.05) is 0 Å². The molecule has 0 nitrogen and oxygen atoms in total. The summed E-state index contributed by atoms with van der Waals surface area (Å²) in [6.45, 7) is 9.03. The molecular weight excluding hydrogens is 335 g/mol. The van der Waals surface area contributed by atoms with Gasteiger partial charge >= 0.3 is 102 Å². The quantitative estimate of drug-likeness (QED) is 0.730. The van der Waals surface area contributed by atoms with E-state index in [0.717, 1.165) is 0 Å². The van der Waals surface area contributed by atoms with Crippen LogP contribution in [0.25, 0.3) is 0 Å². The fraction of sp³-hybridized carbons (Fsp3) is 0.462. The molecule has 1 heteroatoms. The maximum absolute atomic E-state index is 2.28. The molecule has 0 bridgehead atoms. The number of hydrogen-bond donors (Lipinski definition) is 0. The minimum atomic E-state index is 0.639. The molecule has 0 atom stereocenters. The van der Waals surface area contributed by atoms with Crippen LogP contribution in [0.4, 0.5) is 0 Å². The molecule has 0 amide bonds. The second-order valence-corrected chi connectivity index (χ2v) is 6.28. The van der Waals surface area contributed by atoms with E-state index in [-0.39, 0.29) is 0 Å². The molecule has 0 fully saturated rings. The van der Waals surface area contributed by atoms with Gasteiger partial charge in [-0.25, -0.2) is 0 Å². The average Bonchev–Trinajstić information content (AvgIpc) is 2.16. The van der Waals surface area contributed by atoms with Crippen molar-refractivity contribution in [2.45, 2.75) is 33.6 Å². The van der Waals surface area contributed by atoms with Gasteiger partial charge in [-0.15, -0.1) is 0 Å². The van der Waals surface area contributed by atoms with Crippen molar-refractivity contribution in [3.63, 3.8) is 0 Å². The summed E-state index contributed by atoms with van der Waals surface area (Å²) in [6.07, 6.45) is 0. The molecule has 0 aromatic heterocycles. The van der Waals surface area contributed by atoms with Gasteiger partial charge in [0.15, 0.2) is 0 Å². The number of rotatable bonds is 3. The third-order valence-electron chi connectivity index (χ3n) is 2.47. The summed E-state index contributed by atoms with van der Waals surface area (Å²) in [7, 11) is 0. The first-order chi connectivity index (χ1) is 6.52. The second-order valence-electron chi connectivity index (χ2n) is 4.35. The first-order valence-corrected chi connectivity index (χ1v) is 7.00. The Hall–Kier alpha value is -0.0399. The van der Waals surface area contributed by atoms with Crippen molar-refractivity contribution in [2.24, 2.45) is 5.92 Å². The Labute approximate surface area is 102 Å². The van der Waals surface area contributed by atoms with Crippen molar-refractivity contribution in [1.29, 1.82) is 0 Å². The van der Waals surface area contributed by atoms with Gasteiger partial charge in [0.1, 0.15) is 0 Å². The van der Waals surface area contributed by atoms with Gasteiger partial charge in [-0.3, -0.25) is 0 Å². The molecule has 0 heterocycles. The zero-order valence-electron chi connectivity index (χ0n) is 9.46. The molecule has 1 rings (SSSR count). The average molecular weight is 353 g/mol. The van der Waals surface area contributed by atoms with Crippen LogP contribution in [0.2, 0.25) is 0 Å². The van der Waals surface area contributed by atoms with Crippen LogP contribution < -0.4 is 0 Å². The molecule has 0 aliphatic rings. The molecule has 1 aromatic carbocycles. The van der Waals surface area contributed by atoms with Crippen LogP contribution in [0.3, 0.4) is 0 Å². The molecule has 0 saturated heterocycles. The third kappa shape index (κ3) is 2.98. The molecule has 0 aliphatic carbocycles. The van der Waals surface area contributed by atoms with Crippen molar-refractivity contribution in [1.82, 2.24) is 0 Å². The van der Waals surface area contributed by atoms with Gasteiger partial charge in [-0.05, 0) is 0 Å². The summed E-state index contributed by atoms with van der Waals surface area (Å²) in [4.78, 5) is 0. The molecule has 72 valence electrons. The van der Waals surface area contributed by atoms with E-state index in [4.69, 9.17) is 0 Å². The van der Waals surface area contributed by atoms with E-state index >= 15 is 0 Å². The Kier molecular flexibility index (Phi) is 4.43. The first kappa shape index (κ1) is 12.0. The Morgan fingerprint density at radius 1 is 1.00 bits per heavy atom. The van der Waals surface area contributed by atoms with Crippen LogP contribution in [-0.4, -0.2) is 3.26 Å². The molecule has 0 spiro atoms. The van der Waals surface area contributed by atoms with Gasteiger partial charge in [0.05, 0.1) is 0 Å². The SMILES string of the molecule is CC(C)[C](=[Hf+2])c1ccc(C(C)C)cc1. The normalized spacial score (nSPS) is 11.1. The van der Waals surface area contributed by atoms with E-state index in [2.05, 4.69) is 52.0 Å². The van der Waals surface area contributed by atoms with E-state index in [1.54, 1.807) is 3.26 Å². The monoisotopic (exact) mass is 354 g/mol. The predicted molar refractivity (Wildman–Crippen MR) is 59.5 cm³/mol. The third-order valence-corrected chi connectivity index (χ3v) is 5.58. The molecule has 1 aromatic rings. The molecule has 0 aliphatic heterocycles. The summed E-state index contributed by atoms with van der Waals surface area (Å²) in [5.74, 6) is 1.34. The molecule has 14 heavy (non-hydrogen) atoms. The predicted octanol–water partition coefficient (Wildman–Crippen LogP) is 3.53. The Balaban J connectivity index is 2.89. The van der Waals surface area contributed by atoms with Crippen LogP contribution in [0.5, 0.6) is 0 Å². The van der Waals surface area contributed by atoms with Crippen molar-refractivity contribution in [3.8, 4) is 0 Å². The maximum atomic E-state index is 2.28. The van der Waals surface area contributed by atoms with Crippen LogP contribution in [-0.2, 0) is 23.9 Å². The number of hydrogen-bond acceptors (Lipinski definition) is 0. The standard InChI is InChI=1S/C13H18.Hf/c1-10(2)9-12-5-7-13(8-6-12)11(3)4;/h5-8,10-11H,1-4H3;/q;+2. The van der Waals surface area contributed by atoms with Gasteiger partial charge in [0.25, 0.3) is 0 Å². The second kappa shape index (κ2) is 5.16. The van der Waals surface area contributed by atoms with Crippen molar-refractivity contribution in [2.75, 3.05) is 0 Å². The summed E-state index contributed by atoms with van der Waals surface area (Å²) >= 11 is 1.17. The zero-order valence-corrected chi connectivity index (χ0v) is 13.1. The molecule has 0 saturated carbocycles. The summed E-state index contributed by atoms with van der Waals surface area (Å²) in [5, 5.41) is 0. The van der Waals surface area contributed by atoms with Crippen LogP contribution in [0.15, 0.2) is 24.3 Å². The van der Waals surface area contributed by atoms with Crippen molar-refractivity contribution < 1.29 is 23.9 Å². The fourth-order valence-electron chi connectivity index (χ4n) is 1.38. The van der Waals surface area contributed by atoms with E-state index in [0.29, 0.717) is 11.8 Å². The molecule has 0 radical (unpaired) electrons. The topological polar surface area (TPSA) is 0 Å². The molecule has 0 N–H and O–H groups in total. The van der Waals surface area contributed by atoms with Crippen LogP contribution in [0, 0.1) is 5.92 Å². The van der Waals surface area contributed by atoms with Crippen LogP contribution >= 0.6 is 0 Å². The zero-order chi connectivity index (χ0) is 10.7. The number of benzene rings is 1. The first-order valence-electron chi connectivity index (χ1n) is 5.21. The Bertz CT molecular complexity index is 307. The Morgan fingerprint density at radius 3 is 1.86 bits per heavy atom. The van der Waals surface area contributed by atoms with Gasteiger partial charge < -0.3 is 0 Å². The minimum absolute atomic E-state index is 0.639. The van der Waals surface area contributed by atoms with E-state index in [9.17, 15) is 0 Å². The fourth-order valence-corrected chi connectivity index (χ4v) is 1.98. The van der Waals surface area contributed by atoms with E-state index < -0.39 is 0 Å². The van der Waals surface area contributed by atoms with Gasteiger partial charge in [0.2, 0.25) is 0 Å². The Morgan fingerprint density at radius 2 is 1.50 bits per heavy atom. The van der Waals surface area contributed by atoms with Crippen LogP contribution in [0.1, 0.15) is 44.7 Å². The summed E-state index contributed by atoms with van der Waals surface area (Å²) in [5.41, 5.74) is 2.88. The van der Waals surface area contributed by atoms with E-state index in [1.807, 2.05) is 0 Å². The summed E-state index contributed by atoms with van der Waals surface area (Å²) in [6, 6.07) is 9.08. The van der Waals surface area contributed by atoms with Crippen molar-refractivity contribution >= 4 is 3.26 Å². The van der Waals surface area contributed by atoms with Crippen molar-refractivity contribution in [3.05, 3.63) is 35.4 Å². The summed E-state index contributed by atoms with van der Waals surface area (Å²) < 4.78 is 1.61.